The van der Waals surface area contributed by atoms with Crippen LogP contribution in [0.3, 0.4) is 0 Å². The molecule has 20 heavy (non-hydrogen) atoms. The lowest BCUT2D eigenvalue weighted by Crippen LogP contribution is -2.14. The molecule has 112 valence electrons. The SMILES string of the molecule is COc1cc(C(C)C)ccc1OCC1CCC(F)(F)C1. The second-order valence-electron chi connectivity index (χ2n) is 5.84. The zero-order chi connectivity index (χ0) is 14.8. The summed E-state index contributed by atoms with van der Waals surface area (Å²) in [7, 11) is 1.59. The predicted molar refractivity (Wildman–Crippen MR) is 74.9 cm³/mol. The summed E-state index contributed by atoms with van der Waals surface area (Å²) in [5, 5.41) is 0. The largest absolute Gasteiger partial charge is 0.493 e. The van der Waals surface area contributed by atoms with Crippen LogP contribution < -0.4 is 9.47 Å². The monoisotopic (exact) mass is 284 g/mol. The van der Waals surface area contributed by atoms with Crippen LogP contribution in [0.4, 0.5) is 8.78 Å². The molecule has 1 aliphatic carbocycles. The minimum absolute atomic E-state index is 0.0234. The first-order chi connectivity index (χ1) is 9.41. The van der Waals surface area contributed by atoms with Crippen LogP contribution in [0, 0.1) is 5.92 Å². The number of hydrogen-bond donors (Lipinski definition) is 0. The van der Waals surface area contributed by atoms with Crippen molar-refractivity contribution in [1.82, 2.24) is 0 Å². The van der Waals surface area contributed by atoms with Gasteiger partial charge in [0.25, 0.3) is 0 Å². The van der Waals surface area contributed by atoms with Crippen LogP contribution in [0.5, 0.6) is 11.5 Å². The van der Waals surface area contributed by atoms with E-state index in [-0.39, 0.29) is 18.8 Å². The highest BCUT2D eigenvalue weighted by molar-refractivity contribution is 5.43. The van der Waals surface area contributed by atoms with Crippen LogP contribution in [0.25, 0.3) is 0 Å². The lowest BCUT2D eigenvalue weighted by Gasteiger charge is -2.16. The van der Waals surface area contributed by atoms with Gasteiger partial charge in [0, 0.05) is 12.8 Å². The molecule has 1 aromatic carbocycles. The third kappa shape index (κ3) is 3.62. The van der Waals surface area contributed by atoms with E-state index in [2.05, 4.69) is 13.8 Å². The normalized spacial score (nSPS) is 21.2. The second-order valence-corrected chi connectivity index (χ2v) is 5.84. The van der Waals surface area contributed by atoms with E-state index in [0.29, 0.717) is 30.4 Å². The van der Waals surface area contributed by atoms with E-state index in [9.17, 15) is 8.78 Å². The fourth-order valence-corrected chi connectivity index (χ4v) is 2.55. The highest BCUT2D eigenvalue weighted by atomic mass is 19.3. The molecule has 0 saturated heterocycles. The van der Waals surface area contributed by atoms with E-state index in [1.807, 2.05) is 18.2 Å². The van der Waals surface area contributed by atoms with Crippen molar-refractivity contribution in [2.24, 2.45) is 5.92 Å². The van der Waals surface area contributed by atoms with E-state index >= 15 is 0 Å². The van der Waals surface area contributed by atoms with Gasteiger partial charge in [-0.25, -0.2) is 8.78 Å². The fraction of sp³-hybridized carbons (Fsp3) is 0.625. The summed E-state index contributed by atoms with van der Waals surface area (Å²) in [6.45, 7) is 4.54. The van der Waals surface area contributed by atoms with Gasteiger partial charge < -0.3 is 9.47 Å². The lowest BCUT2D eigenvalue weighted by atomic mass is 10.0. The molecule has 1 aliphatic rings. The van der Waals surface area contributed by atoms with E-state index in [1.54, 1.807) is 7.11 Å². The summed E-state index contributed by atoms with van der Waals surface area (Å²) in [6.07, 6.45) is 0.434. The number of rotatable bonds is 5. The van der Waals surface area contributed by atoms with Crippen LogP contribution in [0.1, 0.15) is 44.6 Å². The Morgan fingerprint density at radius 3 is 2.60 bits per heavy atom. The molecule has 0 aromatic heterocycles. The van der Waals surface area contributed by atoms with Gasteiger partial charge in [0.1, 0.15) is 0 Å². The number of hydrogen-bond acceptors (Lipinski definition) is 2. The average molecular weight is 284 g/mol. The van der Waals surface area contributed by atoms with Crippen molar-refractivity contribution >= 4 is 0 Å². The Morgan fingerprint density at radius 2 is 2.05 bits per heavy atom. The van der Waals surface area contributed by atoms with Crippen LogP contribution in [-0.2, 0) is 0 Å². The summed E-state index contributed by atoms with van der Waals surface area (Å²) in [5.74, 6) is -0.876. The molecule has 0 N–H and O–H groups in total. The van der Waals surface area contributed by atoms with Gasteiger partial charge in [0.2, 0.25) is 5.92 Å². The van der Waals surface area contributed by atoms with E-state index in [1.165, 1.54) is 5.56 Å². The molecule has 0 amide bonds. The van der Waals surface area contributed by atoms with Gasteiger partial charge in [-0.3, -0.25) is 0 Å². The molecular weight excluding hydrogens is 262 g/mol. The maximum absolute atomic E-state index is 13.1. The Labute approximate surface area is 119 Å². The summed E-state index contributed by atoms with van der Waals surface area (Å²) in [5.41, 5.74) is 1.17. The maximum Gasteiger partial charge on any atom is 0.248 e. The second kappa shape index (κ2) is 5.98. The van der Waals surface area contributed by atoms with Gasteiger partial charge in [0.05, 0.1) is 13.7 Å². The van der Waals surface area contributed by atoms with E-state index in [4.69, 9.17) is 9.47 Å². The third-order valence-corrected chi connectivity index (χ3v) is 3.83. The van der Waals surface area contributed by atoms with Crippen molar-refractivity contribution in [1.29, 1.82) is 0 Å². The lowest BCUT2D eigenvalue weighted by molar-refractivity contribution is 0.00288. The maximum atomic E-state index is 13.1. The zero-order valence-corrected chi connectivity index (χ0v) is 12.3. The topological polar surface area (TPSA) is 18.5 Å². The number of ether oxygens (including phenoxy) is 2. The Bertz CT molecular complexity index is 458. The van der Waals surface area contributed by atoms with Crippen molar-refractivity contribution in [3.05, 3.63) is 23.8 Å². The fourth-order valence-electron chi connectivity index (χ4n) is 2.55. The van der Waals surface area contributed by atoms with Gasteiger partial charge in [-0.1, -0.05) is 19.9 Å². The van der Waals surface area contributed by atoms with Crippen molar-refractivity contribution < 1.29 is 18.3 Å². The Morgan fingerprint density at radius 1 is 1.30 bits per heavy atom. The first-order valence-electron chi connectivity index (χ1n) is 7.10. The minimum Gasteiger partial charge on any atom is -0.493 e. The molecule has 4 heteroatoms. The molecule has 1 aromatic rings. The van der Waals surface area contributed by atoms with Gasteiger partial charge in [-0.15, -0.1) is 0 Å². The number of halogens is 2. The molecule has 1 saturated carbocycles. The molecule has 0 aliphatic heterocycles. The van der Waals surface area contributed by atoms with Crippen LogP contribution in [0.15, 0.2) is 18.2 Å². The molecule has 1 unspecified atom stereocenters. The van der Waals surface area contributed by atoms with Crippen LogP contribution >= 0.6 is 0 Å². The molecule has 1 atom stereocenters. The first-order valence-corrected chi connectivity index (χ1v) is 7.10. The van der Waals surface area contributed by atoms with Crippen molar-refractivity contribution in [3.63, 3.8) is 0 Å². The summed E-state index contributed by atoms with van der Waals surface area (Å²) in [4.78, 5) is 0. The number of alkyl halides is 2. The highest BCUT2D eigenvalue weighted by Crippen LogP contribution is 2.39. The summed E-state index contributed by atoms with van der Waals surface area (Å²) >= 11 is 0. The molecule has 0 bridgehead atoms. The van der Waals surface area contributed by atoms with Crippen molar-refractivity contribution in [2.45, 2.75) is 45.0 Å². The molecule has 2 nitrogen and oxygen atoms in total. The van der Waals surface area contributed by atoms with Crippen molar-refractivity contribution in [2.75, 3.05) is 13.7 Å². The standard InChI is InChI=1S/C16H22F2O2/c1-11(2)13-4-5-14(15(8-13)19-3)20-10-12-6-7-16(17,18)9-12/h4-5,8,11-12H,6-7,9-10H2,1-3H3. The van der Waals surface area contributed by atoms with Crippen LogP contribution in [-0.4, -0.2) is 19.6 Å². The smallest absolute Gasteiger partial charge is 0.248 e. The molecule has 0 spiro atoms. The predicted octanol–water partition coefficient (Wildman–Crippen LogP) is 4.63. The van der Waals surface area contributed by atoms with Gasteiger partial charge in [-0.2, -0.15) is 0 Å². The van der Waals surface area contributed by atoms with Gasteiger partial charge in [0.15, 0.2) is 11.5 Å². The highest BCUT2D eigenvalue weighted by Gasteiger charge is 2.39. The van der Waals surface area contributed by atoms with Crippen molar-refractivity contribution in [3.8, 4) is 11.5 Å². The molecule has 0 heterocycles. The molecule has 0 radical (unpaired) electrons. The van der Waals surface area contributed by atoms with E-state index < -0.39 is 5.92 Å². The number of benzene rings is 1. The zero-order valence-electron chi connectivity index (χ0n) is 12.3. The molecule has 1 fully saturated rings. The Hall–Kier alpha value is -1.32. The molecule has 2 rings (SSSR count). The minimum atomic E-state index is -2.51. The first kappa shape index (κ1) is 15.1. The summed E-state index contributed by atoms with van der Waals surface area (Å²) in [6, 6.07) is 5.80. The van der Waals surface area contributed by atoms with Gasteiger partial charge in [-0.05, 0) is 36.0 Å². The Kier molecular flexibility index (Phi) is 4.51. The van der Waals surface area contributed by atoms with Crippen LogP contribution in [0.2, 0.25) is 0 Å². The Balaban J connectivity index is 1.99. The number of methoxy groups -OCH3 is 1. The van der Waals surface area contributed by atoms with Gasteiger partial charge >= 0.3 is 0 Å². The quantitative estimate of drug-likeness (QED) is 0.784. The third-order valence-electron chi connectivity index (χ3n) is 3.83. The average Bonchev–Trinajstić information content (AvgIpc) is 2.75. The molecular formula is C16H22F2O2. The van der Waals surface area contributed by atoms with E-state index in [0.717, 1.165) is 0 Å². The summed E-state index contributed by atoms with van der Waals surface area (Å²) < 4.78 is 37.3.